The predicted octanol–water partition coefficient (Wildman–Crippen LogP) is 3.50. The lowest BCUT2D eigenvalue weighted by atomic mass is 10.2. The van der Waals surface area contributed by atoms with Crippen molar-refractivity contribution in [3.63, 3.8) is 0 Å². The number of fused-ring (bicyclic) bond motifs is 1. The summed E-state index contributed by atoms with van der Waals surface area (Å²) in [5.74, 6) is 0.788. The van der Waals surface area contributed by atoms with Gasteiger partial charge in [-0.15, -0.1) is 0 Å². The molecule has 3 rings (SSSR count). The van der Waals surface area contributed by atoms with E-state index >= 15 is 0 Å². The van der Waals surface area contributed by atoms with Gasteiger partial charge in [0, 0.05) is 22.1 Å². The van der Waals surface area contributed by atoms with E-state index in [9.17, 15) is 0 Å². The zero-order valence-electron chi connectivity index (χ0n) is 11.2. The van der Waals surface area contributed by atoms with Gasteiger partial charge in [-0.25, -0.2) is 9.97 Å². The number of nitrogens with zero attached hydrogens (tertiary/aromatic N) is 2. The van der Waals surface area contributed by atoms with Gasteiger partial charge in [-0.2, -0.15) is 0 Å². The topological polar surface area (TPSA) is 53.6 Å². The molecule has 0 saturated heterocycles. The molecule has 5 heteroatoms. The molecule has 0 bridgehead atoms. The molecule has 0 spiro atoms. The Morgan fingerprint density at radius 3 is 3.00 bits per heavy atom. The van der Waals surface area contributed by atoms with Gasteiger partial charge in [0.15, 0.2) is 5.82 Å². The largest absolute Gasteiger partial charge is 0.339 e. The van der Waals surface area contributed by atoms with Gasteiger partial charge in [-0.1, -0.05) is 25.1 Å². The summed E-state index contributed by atoms with van der Waals surface area (Å²) in [6, 6.07) is 10.1. The average Bonchev–Trinajstić information content (AvgIpc) is 2.93. The summed E-state index contributed by atoms with van der Waals surface area (Å²) in [6.45, 7) is 3.81. The first-order valence-electron chi connectivity index (χ1n) is 6.58. The van der Waals surface area contributed by atoms with Crippen molar-refractivity contribution in [3.05, 3.63) is 46.7 Å². The standard InChI is InChI=1S/C15H15BrN4/c1-2-17-8-11-9-18-15(19-11)14-12(16)7-10-5-3-4-6-13(10)20-14/h3-7,9,17H,2,8H2,1H3,(H,18,19). The number of halogens is 1. The zero-order chi connectivity index (χ0) is 13.9. The molecule has 1 aromatic carbocycles. The summed E-state index contributed by atoms with van der Waals surface area (Å²) < 4.78 is 0.945. The van der Waals surface area contributed by atoms with Crippen molar-refractivity contribution in [1.29, 1.82) is 0 Å². The second kappa shape index (κ2) is 5.73. The van der Waals surface area contributed by atoms with Gasteiger partial charge in [-0.3, -0.25) is 0 Å². The first-order valence-corrected chi connectivity index (χ1v) is 7.37. The third kappa shape index (κ3) is 2.59. The number of nitrogens with one attached hydrogen (secondary N) is 2. The summed E-state index contributed by atoms with van der Waals surface area (Å²) in [4.78, 5) is 12.4. The molecular formula is C15H15BrN4. The van der Waals surface area contributed by atoms with Crippen molar-refractivity contribution >= 4 is 26.8 Å². The van der Waals surface area contributed by atoms with Gasteiger partial charge in [0.2, 0.25) is 0 Å². The normalized spacial score (nSPS) is 11.1. The van der Waals surface area contributed by atoms with Crippen LogP contribution in [0.5, 0.6) is 0 Å². The van der Waals surface area contributed by atoms with Crippen LogP contribution in [-0.2, 0) is 6.54 Å². The second-order valence-corrected chi connectivity index (χ2v) is 5.40. The number of rotatable bonds is 4. The molecule has 0 radical (unpaired) electrons. The predicted molar refractivity (Wildman–Crippen MR) is 84.4 cm³/mol. The van der Waals surface area contributed by atoms with Crippen LogP contribution < -0.4 is 5.32 Å². The molecule has 2 N–H and O–H groups in total. The van der Waals surface area contributed by atoms with E-state index < -0.39 is 0 Å². The number of pyridine rings is 1. The van der Waals surface area contributed by atoms with Gasteiger partial charge in [0.25, 0.3) is 0 Å². The van der Waals surface area contributed by atoms with Crippen LogP contribution in [-0.4, -0.2) is 21.5 Å². The Hall–Kier alpha value is -1.72. The maximum Gasteiger partial charge on any atom is 0.157 e. The molecular weight excluding hydrogens is 316 g/mol. The summed E-state index contributed by atoms with van der Waals surface area (Å²) in [6.07, 6.45) is 1.85. The molecule has 0 fully saturated rings. The SMILES string of the molecule is CCNCc1cnc(-c2nc3ccccc3cc2Br)[nH]1. The lowest BCUT2D eigenvalue weighted by molar-refractivity contribution is 0.714. The van der Waals surface area contributed by atoms with Crippen molar-refractivity contribution in [2.24, 2.45) is 0 Å². The van der Waals surface area contributed by atoms with Crippen molar-refractivity contribution in [3.8, 4) is 11.5 Å². The summed E-state index contributed by atoms with van der Waals surface area (Å²) in [5, 5.41) is 4.38. The van der Waals surface area contributed by atoms with Crippen LogP contribution in [0.25, 0.3) is 22.4 Å². The number of H-pyrrole nitrogens is 1. The number of para-hydroxylation sites is 1. The molecule has 102 valence electrons. The minimum absolute atomic E-state index is 0.786. The fourth-order valence-corrected chi connectivity index (χ4v) is 2.61. The van der Waals surface area contributed by atoms with Gasteiger partial charge < -0.3 is 10.3 Å². The molecule has 2 heterocycles. The fourth-order valence-electron chi connectivity index (χ4n) is 2.09. The van der Waals surface area contributed by atoms with Crippen molar-refractivity contribution in [2.45, 2.75) is 13.5 Å². The third-order valence-electron chi connectivity index (χ3n) is 3.10. The van der Waals surface area contributed by atoms with E-state index in [1.807, 2.05) is 24.4 Å². The molecule has 20 heavy (non-hydrogen) atoms. The van der Waals surface area contributed by atoms with E-state index in [4.69, 9.17) is 0 Å². The lowest BCUT2D eigenvalue weighted by Crippen LogP contribution is -2.11. The van der Waals surface area contributed by atoms with Crippen molar-refractivity contribution in [1.82, 2.24) is 20.3 Å². The second-order valence-electron chi connectivity index (χ2n) is 4.55. The minimum Gasteiger partial charge on any atom is -0.339 e. The quantitative estimate of drug-likeness (QED) is 0.769. The Morgan fingerprint density at radius 1 is 1.30 bits per heavy atom. The Bertz CT molecular complexity index is 736. The van der Waals surface area contributed by atoms with Crippen LogP contribution in [0.1, 0.15) is 12.6 Å². The smallest absolute Gasteiger partial charge is 0.157 e. The Balaban J connectivity index is 2.00. The first-order chi connectivity index (χ1) is 9.78. The molecule has 4 nitrogen and oxygen atoms in total. The van der Waals surface area contributed by atoms with Crippen LogP contribution in [0.2, 0.25) is 0 Å². The first kappa shape index (κ1) is 13.3. The highest BCUT2D eigenvalue weighted by molar-refractivity contribution is 9.10. The summed E-state index contributed by atoms with van der Waals surface area (Å²) >= 11 is 3.58. The van der Waals surface area contributed by atoms with Gasteiger partial charge in [0.1, 0.15) is 5.69 Å². The fraction of sp³-hybridized carbons (Fsp3) is 0.200. The van der Waals surface area contributed by atoms with E-state index in [2.05, 4.69) is 55.3 Å². The summed E-state index contributed by atoms with van der Waals surface area (Å²) in [5.41, 5.74) is 2.87. The summed E-state index contributed by atoms with van der Waals surface area (Å²) in [7, 11) is 0. The average molecular weight is 331 g/mol. The molecule has 0 saturated carbocycles. The molecule has 0 unspecified atom stereocenters. The number of hydrogen-bond acceptors (Lipinski definition) is 3. The highest BCUT2D eigenvalue weighted by Gasteiger charge is 2.10. The maximum absolute atomic E-state index is 4.68. The van der Waals surface area contributed by atoms with E-state index in [1.165, 1.54) is 0 Å². The number of hydrogen-bond donors (Lipinski definition) is 2. The Labute approximate surface area is 125 Å². The Morgan fingerprint density at radius 2 is 2.15 bits per heavy atom. The van der Waals surface area contributed by atoms with Gasteiger partial charge in [-0.05, 0) is 34.6 Å². The maximum atomic E-state index is 4.68. The van der Waals surface area contributed by atoms with Crippen LogP contribution in [0, 0.1) is 0 Å². The highest BCUT2D eigenvalue weighted by atomic mass is 79.9. The van der Waals surface area contributed by atoms with Crippen molar-refractivity contribution in [2.75, 3.05) is 6.54 Å². The van der Waals surface area contributed by atoms with E-state index in [0.29, 0.717) is 0 Å². The number of benzene rings is 1. The number of aromatic nitrogens is 3. The van der Waals surface area contributed by atoms with Crippen LogP contribution in [0.15, 0.2) is 41.0 Å². The number of aromatic amines is 1. The van der Waals surface area contributed by atoms with E-state index in [1.54, 1.807) is 0 Å². The molecule has 2 aromatic heterocycles. The third-order valence-corrected chi connectivity index (χ3v) is 3.70. The monoisotopic (exact) mass is 330 g/mol. The lowest BCUT2D eigenvalue weighted by Gasteiger charge is -2.04. The van der Waals surface area contributed by atoms with Crippen LogP contribution >= 0.6 is 15.9 Å². The zero-order valence-corrected chi connectivity index (χ0v) is 12.7. The van der Waals surface area contributed by atoms with E-state index in [0.717, 1.165) is 45.7 Å². The molecule has 0 amide bonds. The Kier molecular flexibility index (Phi) is 3.80. The van der Waals surface area contributed by atoms with Gasteiger partial charge >= 0.3 is 0 Å². The van der Waals surface area contributed by atoms with Crippen LogP contribution in [0.3, 0.4) is 0 Å². The minimum atomic E-state index is 0.786. The van der Waals surface area contributed by atoms with Gasteiger partial charge in [0.05, 0.1) is 11.7 Å². The molecule has 3 aromatic rings. The molecule has 0 aliphatic rings. The van der Waals surface area contributed by atoms with Crippen molar-refractivity contribution < 1.29 is 0 Å². The van der Waals surface area contributed by atoms with E-state index in [-0.39, 0.29) is 0 Å². The number of imidazole rings is 1. The molecule has 0 aliphatic heterocycles. The highest BCUT2D eigenvalue weighted by Crippen LogP contribution is 2.27. The van der Waals surface area contributed by atoms with Crippen LogP contribution in [0.4, 0.5) is 0 Å². The molecule has 0 aliphatic carbocycles. The molecule has 0 atom stereocenters.